The summed E-state index contributed by atoms with van der Waals surface area (Å²) in [6.45, 7) is 4.68. The topological polar surface area (TPSA) is 61.6 Å². The van der Waals surface area contributed by atoms with Crippen molar-refractivity contribution in [2.45, 2.75) is 24.3 Å². The third-order valence-electron chi connectivity index (χ3n) is 2.39. The maximum Gasteiger partial charge on any atom is 0.191 e. The number of hydrogen-bond donors (Lipinski definition) is 1. The summed E-state index contributed by atoms with van der Waals surface area (Å²) >= 11 is 1.38. The van der Waals surface area contributed by atoms with Crippen LogP contribution in [0.15, 0.2) is 29.4 Å². The fraction of sp³-hybridized carbons (Fsp3) is 0.308. The molecule has 4 nitrogen and oxygen atoms in total. The highest BCUT2D eigenvalue weighted by atomic mass is 32.2. The molecular formula is C13H14N4S. The number of para-hydroxylation sites is 1. The average molecular weight is 258 g/mol. The fourth-order valence-electron chi connectivity index (χ4n) is 1.59. The van der Waals surface area contributed by atoms with Crippen LogP contribution in [-0.2, 0) is 0 Å². The highest BCUT2D eigenvalue weighted by Gasteiger charge is 2.10. The molecular weight excluding hydrogens is 244 g/mol. The van der Waals surface area contributed by atoms with Crippen molar-refractivity contribution >= 4 is 28.5 Å². The van der Waals surface area contributed by atoms with Gasteiger partial charge in [0.2, 0.25) is 0 Å². The van der Waals surface area contributed by atoms with E-state index >= 15 is 0 Å². The standard InChI is InChI=1S/C13H14N4S/c1-3-15-12-10-6-4-5-7-11(10)16-13(17-12)18-9(2)8-14/h4-7,9H,3H2,1-2H3,(H,15,16,17). The van der Waals surface area contributed by atoms with Crippen LogP contribution in [0.2, 0.25) is 0 Å². The minimum absolute atomic E-state index is 0.152. The van der Waals surface area contributed by atoms with Crippen molar-refractivity contribution in [3.05, 3.63) is 24.3 Å². The zero-order valence-electron chi connectivity index (χ0n) is 10.3. The number of benzene rings is 1. The summed E-state index contributed by atoms with van der Waals surface area (Å²) in [7, 11) is 0. The van der Waals surface area contributed by atoms with Gasteiger partial charge in [-0.3, -0.25) is 0 Å². The minimum Gasteiger partial charge on any atom is -0.370 e. The van der Waals surface area contributed by atoms with Crippen LogP contribution in [0.1, 0.15) is 13.8 Å². The van der Waals surface area contributed by atoms with E-state index in [0.29, 0.717) is 5.16 Å². The van der Waals surface area contributed by atoms with Gasteiger partial charge in [0.25, 0.3) is 0 Å². The Hall–Kier alpha value is -1.80. The molecule has 0 bridgehead atoms. The van der Waals surface area contributed by atoms with Crippen LogP contribution >= 0.6 is 11.8 Å². The lowest BCUT2D eigenvalue weighted by Crippen LogP contribution is -2.03. The predicted octanol–water partition coefficient (Wildman–Crippen LogP) is 3.07. The molecule has 18 heavy (non-hydrogen) atoms. The Morgan fingerprint density at radius 3 is 2.89 bits per heavy atom. The second kappa shape index (κ2) is 5.69. The van der Waals surface area contributed by atoms with Crippen LogP contribution in [-0.4, -0.2) is 21.8 Å². The zero-order valence-corrected chi connectivity index (χ0v) is 11.2. The van der Waals surface area contributed by atoms with Gasteiger partial charge in [-0.1, -0.05) is 23.9 Å². The van der Waals surface area contributed by atoms with Crippen molar-refractivity contribution < 1.29 is 0 Å². The third kappa shape index (κ3) is 2.71. The highest BCUT2D eigenvalue weighted by molar-refractivity contribution is 8.00. The molecule has 1 aromatic carbocycles. The van der Waals surface area contributed by atoms with Crippen LogP contribution in [0.5, 0.6) is 0 Å². The molecule has 0 radical (unpaired) electrons. The predicted molar refractivity (Wildman–Crippen MR) is 74.6 cm³/mol. The molecule has 0 amide bonds. The zero-order chi connectivity index (χ0) is 13.0. The Balaban J connectivity index is 2.47. The van der Waals surface area contributed by atoms with Gasteiger partial charge in [0.1, 0.15) is 5.82 Å². The Labute approximate surface area is 110 Å². The van der Waals surface area contributed by atoms with Gasteiger partial charge >= 0.3 is 0 Å². The van der Waals surface area contributed by atoms with E-state index < -0.39 is 0 Å². The van der Waals surface area contributed by atoms with Crippen LogP contribution in [0.4, 0.5) is 5.82 Å². The van der Waals surface area contributed by atoms with Crippen molar-refractivity contribution in [3.63, 3.8) is 0 Å². The number of nitrogens with zero attached hydrogens (tertiary/aromatic N) is 3. The number of thioether (sulfide) groups is 1. The van der Waals surface area contributed by atoms with Crippen LogP contribution in [0.3, 0.4) is 0 Å². The first-order chi connectivity index (χ1) is 8.74. The SMILES string of the molecule is CCNc1nc(SC(C)C#N)nc2ccccc12. The molecule has 1 heterocycles. The number of hydrogen-bond acceptors (Lipinski definition) is 5. The molecule has 0 saturated carbocycles. The van der Waals surface area contributed by atoms with E-state index in [1.165, 1.54) is 11.8 Å². The molecule has 1 unspecified atom stereocenters. The van der Waals surface area contributed by atoms with Gasteiger partial charge in [-0.25, -0.2) is 9.97 Å². The van der Waals surface area contributed by atoms with Gasteiger partial charge in [0, 0.05) is 11.9 Å². The Bertz CT molecular complexity index is 591. The molecule has 1 aromatic heterocycles. The molecule has 0 aliphatic rings. The monoisotopic (exact) mass is 258 g/mol. The Morgan fingerprint density at radius 2 is 2.17 bits per heavy atom. The van der Waals surface area contributed by atoms with Crippen molar-refractivity contribution in [3.8, 4) is 6.07 Å². The molecule has 2 aromatic rings. The number of rotatable bonds is 4. The van der Waals surface area contributed by atoms with E-state index in [-0.39, 0.29) is 5.25 Å². The second-order valence-corrected chi connectivity index (χ2v) is 5.10. The molecule has 92 valence electrons. The maximum atomic E-state index is 8.84. The number of fused-ring (bicyclic) bond motifs is 1. The summed E-state index contributed by atoms with van der Waals surface area (Å²) in [6.07, 6.45) is 0. The maximum absolute atomic E-state index is 8.84. The van der Waals surface area contributed by atoms with Crippen LogP contribution < -0.4 is 5.32 Å². The second-order valence-electron chi connectivity index (χ2n) is 3.79. The van der Waals surface area contributed by atoms with E-state index in [1.807, 2.05) is 38.1 Å². The number of nitrogens with one attached hydrogen (secondary N) is 1. The smallest absolute Gasteiger partial charge is 0.191 e. The minimum atomic E-state index is -0.152. The van der Waals surface area contributed by atoms with Crippen molar-refractivity contribution in [2.24, 2.45) is 0 Å². The lowest BCUT2D eigenvalue weighted by Gasteiger charge is -2.09. The van der Waals surface area contributed by atoms with E-state index in [1.54, 1.807) is 0 Å². The average Bonchev–Trinajstić information content (AvgIpc) is 2.39. The lowest BCUT2D eigenvalue weighted by atomic mass is 10.2. The van der Waals surface area contributed by atoms with Gasteiger partial charge in [0.05, 0.1) is 16.8 Å². The van der Waals surface area contributed by atoms with Crippen molar-refractivity contribution in [1.82, 2.24) is 9.97 Å². The summed E-state index contributed by atoms with van der Waals surface area (Å²) in [5, 5.41) is 13.6. The number of aromatic nitrogens is 2. The fourth-order valence-corrected chi connectivity index (χ4v) is 2.26. The van der Waals surface area contributed by atoms with E-state index in [0.717, 1.165) is 23.3 Å². The Kier molecular flexibility index (Phi) is 4.00. The molecule has 1 N–H and O–H groups in total. The largest absolute Gasteiger partial charge is 0.370 e. The molecule has 0 spiro atoms. The van der Waals surface area contributed by atoms with E-state index in [4.69, 9.17) is 5.26 Å². The first-order valence-corrected chi connectivity index (χ1v) is 6.69. The molecule has 0 fully saturated rings. The molecule has 2 rings (SSSR count). The Morgan fingerprint density at radius 1 is 1.39 bits per heavy atom. The summed E-state index contributed by atoms with van der Waals surface area (Å²) in [4.78, 5) is 8.93. The summed E-state index contributed by atoms with van der Waals surface area (Å²) in [5.41, 5.74) is 0.899. The molecule has 0 aliphatic carbocycles. The van der Waals surface area contributed by atoms with Gasteiger partial charge < -0.3 is 5.32 Å². The third-order valence-corrected chi connectivity index (χ3v) is 3.24. The number of anilines is 1. The summed E-state index contributed by atoms with van der Waals surface area (Å²) in [6, 6.07) is 10.0. The van der Waals surface area contributed by atoms with Gasteiger partial charge in [-0.15, -0.1) is 0 Å². The van der Waals surface area contributed by atoms with Gasteiger partial charge in [-0.05, 0) is 26.0 Å². The normalized spacial score (nSPS) is 12.1. The molecule has 0 saturated heterocycles. The summed E-state index contributed by atoms with van der Waals surface area (Å²) < 4.78 is 0. The molecule has 0 aliphatic heterocycles. The quantitative estimate of drug-likeness (QED) is 0.674. The van der Waals surface area contributed by atoms with Gasteiger partial charge in [0.15, 0.2) is 5.16 Å². The van der Waals surface area contributed by atoms with Gasteiger partial charge in [-0.2, -0.15) is 5.26 Å². The first kappa shape index (κ1) is 12.7. The molecule has 1 atom stereocenters. The lowest BCUT2D eigenvalue weighted by molar-refractivity contribution is 0.987. The van der Waals surface area contributed by atoms with Crippen molar-refractivity contribution in [1.29, 1.82) is 5.26 Å². The molecule has 5 heteroatoms. The number of nitriles is 1. The van der Waals surface area contributed by atoms with E-state index in [9.17, 15) is 0 Å². The van der Waals surface area contributed by atoms with E-state index in [2.05, 4.69) is 21.4 Å². The van der Waals surface area contributed by atoms with Crippen LogP contribution in [0.25, 0.3) is 10.9 Å². The first-order valence-electron chi connectivity index (χ1n) is 5.81. The summed E-state index contributed by atoms with van der Waals surface area (Å²) in [5.74, 6) is 0.829. The van der Waals surface area contributed by atoms with Crippen molar-refractivity contribution in [2.75, 3.05) is 11.9 Å². The van der Waals surface area contributed by atoms with Crippen LogP contribution in [0, 0.1) is 11.3 Å². The highest BCUT2D eigenvalue weighted by Crippen LogP contribution is 2.26.